The predicted molar refractivity (Wildman–Crippen MR) is 119 cm³/mol. The van der Waals surface area contributed by atoms with E-state index < -0.39 is 0 Å². The highest BCUT2D eigenvalue weighted by Crippen LogP contribution is 2.32. The molecule has 4 rings (SSSR count). The Bertz CT molecular complexity index is 1080. The fraction of sp³-hybridized carbons (Fsp3) is 0.0435. The van der Waals surface area contributed by atoms with Crippen LogP contribution in [0.25, 0.3) is 6.08 Å². The highest BCUT2D eigenvalue weighted by atomic mass is 35.5. The molecule has 3 aromatic rings. The number of rotatable bonds is 5. The maximum absolute atomic E-state index is 12.4. The molecule has 0 spiro atoms. The molecule has 1 N–H and O–H groups in total. The number of nitrogens with zero attached hydrogens (tertiary/aromatic N) is 1. The molecular formula is C23H17ClN2O2S. The Balaban J connectivity index is 1.56. The van der Waals surface area contributed by atoms with Gasteiger partial charge in [0.2, 0.25) is 0 Å². The van der Waals surface area contributed by atoms with Gasteiger partial charge in [-0.25, -0.2) is 4.99 Å². The molecule has 1 heterocycles. The van der Waals surface area contributed by atoms with E-state index in [0.717, 1.165) is 16.8 Å². The van der Waals surface area contributed by atoms with E-state index in [0.29, 0.717) is 27.5 Å². The van der Waals surface area contributed by atoms with Crippen LogP contribution in [0, 0.1) is 0 Å². The van der Waals surface area contributed by atoms with Crippen molar-refractivity contribution in [3.63, 3.8) is 0 Å². The number of amidine groups is 1. The molecule has 1 aliphatic heterocycles. The first kappa shape index (κ1) is 19.3. The fourth-order valence-corrected chi connectivity index (χ4v) is 3.75. The van der Waals surface area contributed by atoms with Crippen molar-refractivity contribution in [1.29, 1.82) is 0 Å². The number of carbonyl (C=O) groups is 1. The maximum Gasteiger partial charge on any atom is 0.264 e. The SMILES string of the molecule is O=C1NC(=Nc2ccccc2)S/C1=C\c1cc(Cl)ccc1OCc1ccccc1. The van der Waals surface area contributed by atoms with Crippen molar-refractivity contribution in [3.8, 4) is 5.75 Å². The Morgan fingerprint density at radius 3 is 2.48 bits per heavy atom. The number of amides is 1. The van der Waals surface area contributed by atoms with Gasteiger partial charge in [0, 0.05) is 10.6 Å². The Morgan fingerprint density at radius 2 is 1.72 bits per heavy atom. The second kappa shape index (κ2) is 8.99. The number of benzene rings is 3. The molecule has 0 bridgehead atoms. The Morgan fingerprint density at radius 1 is 1.00 bits per heavy atom. The van der Waals surface area contributed by atoms with Gasteiger partial charge < -0.3 is 10.1 Å². The first-order chi connectivity index (χ1) is 14.2. The second-order valence-electron chi connectivity index (χ2n) is 6.27. The average Bonchev–Trinajstić information content (AvgIpc) is 3.07. The zero-order valence-electron chi connectivity index (χ0n) is 15.3. The summed E-state index contributed by atoms with van der Waals surface area (Å²) in [5, 5.41) is 3.91. The molecule has 0 aliphatic carbocycles. The van der Waals surface area contributed by atoms with Crippen LogP contribution in [-0.4, -0.2) is 11.1 Å². The summed E-state index contributed by atoms with van der Waals surface area (Å²) in [4.78, 5) is 17.4. The molecule has 0 saturated carbocycles. The predicted octanol–water partition coefficient (Wildman–Crippen LogP) is 5.81. The third-order valence-corrected chi connectivity index (χ3v) is 5.28. The number of hydrogen-bond acceptors (Lipinski definition) is 4. The standard InChI is InChI=1S/C23H17ClN2O2S/c24-18-11-12-20(28-15-16-7-3-1-4-8-16)17(13-18)14-21-22(27)26-23(29-21)25-19-9-5-2-6-10-19/h1-14H,15H2,(H,25,26,27)/b21-14-. The van der Waals surface area contributed by atoms with E-state index in [2.05, 4.69) is 10.3 Å². The molecule has 6 heteroatoms. The van der Waals surface area contributed by atoms with E-state index in [1.165, 1.54) is 11.8 Å². The zero-order chi connectivity index (χ0) is 20.1. The van der Waals surface area contributed by atoms with Crippen LogP contribution >= 0.6 is 23.4 Å². The Hall–Kier alpha value is -3.02. The molecule has 144 valence electrons. The molecule has 29 heavy (non-hydrogen) atoms. The second-order valence-corrected chi connectivity index (χ2v) is 7.74. The molecule has 0 unspecified atom stereocenters. The van der Waals surface area contributed by atoms with Crippen LogP contribution in [0.4, 0.5) is 5.69 Å². The minimum Gasteiger partial charge on any atom is -0.488 e. The average molecular weight is 421 g/mol. The molecule has 1 fully saturated rings. The van der Waals surface area contributed by atoms with Gasteiger partial charge in [-0.2, -0.15) is 0 Å². The van der Waals surface area contributed by atoms with Crippen LogP contribution in [0.5, 0.6) is 5.75 Å². The Labute approximate surface area is 178 Å². The summed E-state index contributed by atoms with van der Waals surface area (Å²) in [6.45, 7) is 0.429. The lowest BCUT2D eigenvalue weighted by Crippen LogP contribution is -2.19. The van der Waals surface area contributed by atoms with E-state index in [1.54, 1.807) is 18.2 Å². The van der Waals surface area contributed by atoms with Crippen LogP contribution in [0.1, 0.15) is 11.1 Å². The molecule has 1 saturated heterocycles. The lowest BCUT2D eigenvalue weighted by molar-refractivity contribution is -0.115. The molecule has 4 nitrogen and oxygen atoms in total. The van der Waals surface area contributed by atoms with Crippen molar-refractivity contribution >= 4 is 46.2 Å². The first-order valence-corrected chi connectivity index (χ1v) is 10.2. The van der Waals surface area contributed by atoms with Crippen molar-refractivity contribution in [2.75, 3.05) is 0 Å². The van der Waals surface area contributed by atoms with Gasteiger partial charge >= 0.3 is 0 Å². The zero-order valence-corrected chi connectivity index (χ0v) is 16.9. The summed E-state index contributed by atoms with van der Waals surface area (Å²) in [7, 11) is 0. The lowest BCUT2D eigenvalue weighted by Gasteiger charge is -2.10. The normalized spacial score (nSPS) is 16.2. The van der Waals surface area contributed by atoms with E-state index in [-0.39, 0.29) is 5.91 Å². The largest absolute Gasteiger partial charge is 0.488 e. The van der Waals surface area contributed by atoms with Crippen molar-refractivity contribution in [1.82, 2.24) is 5.32 Å². The quantitative estimate of drug-likeness (QED) is 0.530. The number of thioether (sulfide) groups is 1. The summed E-state index contributed by atoms with van der Waals surface area (Å²) in [5.41, 5.74) is 2.59. The number of halogens is 1. The number of aliphatic imine (C=N–C) groups is 1. The summed E-state index contributed by atoms with van der Waals surface area (Å²) in [5.74, 6) is 0.464. The molecular weight excluding hydrogens is 404 g/mol. The van der Waals surface area contributed by atoms with Gasteiger partial charge in [0.15, 0.2) is 5.17 Å². The van der Waals surface area contributed by atoms with Crippen LogP contribution < -0.4 is 10.1 Å². The summed E-state index contributed by atoms with van der Waals surface area (Å²) in [6.07, 6.45) is 1.78. The fourth-order valence-electron chi connectivity index (χ4n) is 2.74. The maximum atomic E-state index is 12.4. The number of ether oxygens (including phenoxy) is 1. The number of hydrogen-bond donors (Lipinski definition) is 1. The third kappa shape index (κ3) is 5.08. The van der Waals surface area contributed by atoms with E-state index in [4.69, 9.17) is 16.3 Å². The highest BCUT2D eigenvalue weighted by molar-refractivity contribution is 8.18. The number of carbonyl (C=O) groups excluding carboxylic acids is 1. The van der Waals surface area contributed by atoms with E-state index in [1.807, 2.05) is 66.7 Å². The lowest BCUT2D eigenvalue weighted by atomic mass is 10.1. The molecule has 0 aromatic heterocycles. The highest BCUT2D eigenvalue weighted by Gasteiger charge is 2.24. The smallest absolute Gasteiger partial charge is 0.264 e. The topological polar surface area (TPSA) is 50.7 Å². The van der Waals surface area contributed by atoms with Gasteiger partial charge in [0.25, 0.3) is 5.91 Å². The Kier molecular flexibility index (Phi) is 5.98. The first-order valence-electron chi connectivity index (χ1n) is 8.98. The van der Waals surface area contributed by atoms with Gasteiger partial charge in [-0.3, -0.25) is 4.79 Å². The van der Waals surface area contributed by atoms with Crippen molar-refractivity contribution in [3.05, 3.63) is 99.9 Å². The molecule has 3 aromatic carbocycles. The van der Waals surface area contributed by atoms with Crippen LogP contribution in [0.15, 0.2) is 88.8 Å². The third-order valence-electron chi connectivity index (χ3n) is 4.13. The molecule has 1 amide bonds. The minimum absolute atomic E-state index is 0.196. The molecule has 1 aliphatic rings. The van der Waals surface area contributed by atoms with Gasteiger partial charge in [0.05, 0.1) is 10.6 Å². The van der Waals surface area contributed by atoms with Crippen LogP contribution in [0.2, 0.25) is 5.02 Å². The van der Waals surface area contributed by atoms with Gasteiger partial charge in [0.1, 0.15) is 12.4 Å². The number of para-hydroxylation sites is 1. The van der Waals surface area contributed by atoms with Gasteiger partial charge in [-0.05, 0) is 53.7 Å². The van der Waals surface area contributed by atoms with Crippen molar-refractivity contribution in [2.45, 2.75) is 6.61 Å². The van der Waals surface area contributed by atoms with Crippen LogP contribution in [-0.2, 0) is 11.4 Å². The molecule has 0 atom stereocenters. The molecule has 0 radical (unpaired) electrons. The van der Waals surface area contributed by atoms with Crippen molar-refractivity contribution in [2.24, 2.45) is 4.99 Å². The summed E-state index contributed by atoms with van der Waals surface area (Å²) < 4.78 is 5.97. The van der Waals surface area contributed by atoms with Gasteiger partial charge in [-0.15, -0.1) is 0 Å². The van der Waals surface area contributed by atoms with E-state index in [9.17, 15) is 4.79 Å². The van der Waals surface area contributed by atoms with E-state index >= 15 is 0 Å². The summed E-state index contributed by atoms with van der Waals surface area (Å²) >= 11 is 7.47. The minimum atomic E-state index is -0.196. The monoisotopic (exact) mass is 420 g/mol. The van der Waals surface area contributed by atoms with Crippen molar-refractivity contribution < 1.29 is 9.53 Å². The number of nitrogens with one attached hydrogen (secondary N) is 1. The summed E-state index contributed by atoms with van der Waals surface area (Å²) in [6, 6.07) is 24.8. The van der Waals surface area contributed by atoms with Crippen LogP contribution in [0.3, 0.4) is 0 Å². The van der Waals surface area contributed by atoms with Gasteiger partial charge in [-0.1, -0.05) is 60.1 Å².